The van der Waals surface area contributed by atoms with Gasteiger partial charge in [0.05, 0.1) is 0 Å². The first-order valence-corrected chi connectivity index (χ1v) is 31.9. The van der Waals surface area contributed by atoms with Gasteiger partial charge in [-0.05, 0) is 35.8 Å². The molecule has 0 saturated heterocycles. The lowest BCUT2D eigenvalue weighted by Crippen LogP contribution is -2.00. The summed E-state index contributed by atoms with van der Waals surface area (Å²) in [5.41, 5.74) is 2.38. The Kier molecular flexibility index (Phi) is 50.5. The summed E-state index contributed by atoms with van der Waals surface area (Å²) in [6.45, 7) is 9.30. The quantitative estimate of drug-likeness (QED) is 0.0646. The van der Waals surface area contributed by atoms with Gasteiger partial charge in [-0.2, -0.15) is 0 Å². The molecule has 0 radical (unpaired) electrons. The molecule has 2 atom stereocenters. The maximum absolute atomic E-state index is 11.3. The topological polar surface area (TPSA) is 20.2 Å². The van der Waals surface area contributed by atoms with Crippen LogP contribution in [0.25, 0.3) is 0 Å². The smallest absolute Gasteiger partial charge is 0.122 e. The van der Waals surface area contributed by atoms with E-state index in [-0.39, 0.29) is 0 Å². The molecule has 1 heteroatoms. The van der Waals surface area contributed by atoms with Gasteiger partial charge in [-0.25, -0.2) is 0 Å². The van der Waals surface area contributed by atoms with Crippen LogP contribution in [0.2, 0.25) is 0 Å². The lowest BCUT2D eigenvalue weighted by molar-refractivity contribution is 0.441. The van der Waals surface area contributed by atoms with Gasteiger partial charge in [0, 0.05) is 0 Å². The van der Waals surface area contributed by atoms with Crippen molar-refractivity contribution in [1.82, 2.24) is 0 Å². The van der Waals surface area contributed by atoms with Gasteiger partial charge in [0.1, 0.15) is 5.75 Å². The molecule has 0 bridgehead atoms. The molecule has 1 nitrogen and oxygen atoms in total. The Morgan fingerprint density at radius 1 is 0.254 bits per heavy atom. The van der Waals surface area contributed by atoms with Gasteiger partial charge in [-0.3, -0.25) is 0 Å². The summed E-state index contributed by atoms with van der Waals surface area (Å²) in [4.78, 5) is 0. The molecule has 1 aromatic rings. The summed E-state index contributed by atoms with van der Waals surface area (Å²) in [5, 5.41) is 11.3. The first-order chi connectivity index (χ1) is 33.1. The van der Waals surface area contributed by atoms with E-state index >= 15 is 0 Å². The molecule has 0 aliphatic rings. The molecule has 1 N–H and O–H groups in total. The van der Waals surface area contributed by atoms with Crippen molar-refractivity contribution >= 4 is 0 Å². The molecule has 0 aliphatic carbocycles. The first kappa shape index (κ1) is 64.0. The number of hydrogen-bond donors (Lipinski definition) is 1. The second kappa shape index (κ2) is 52.8. The summed E-state index contributed by atoms with van der Waals surface area (Å²) >= 11 is 0. The molecule has 1 aromatic carbocycles. The third kappa shape index (κ3) is 43.5. The average molecular weight is 936 g/mol. The fraction of sp³-hybridized carbons (Fsp3) is 0.909. The van der Waals surface area contributed by atoms with E-state index in [2.05, 4.69) is 45.9 Å². The maximum atomic E-state index is 11.3. The van der Waals surface area contributed by atoms with E-state index in [0.29, 0.717) is 17.6 Å². The van der Waals surface area contributed by atoms with Gasteiger partial charge in [0.15, 0.2) is 0 Å². The summed E-state index contributed by atoms with van der Waals surface area (Å²) in [6, 6.07) is 6.59. The Bertz CT molecular complexity index is 995. The van der Waals surface area contributed by atoms with E-state index in [1.807, 2.05) is 0 Å². The number of phenolic OH excluding ortho intramolecular Hbond substituents is 1. The normalized spacial score (nSPS) is 12.7. The first-order valence-electron chi connectivity index (χ1n) is 31.9. The Morgan fingerprint density at radius 2 is 0.403 bits per heavy atom. The van der Waals surface area contributed by atoms with Crippen molar-refractivity contribution in [2.45, 2.75) is 386 Å². The highest BCUT2D eigenvalue weighted by atomic mass is 16.3. The third-order valence-corrected chi connectivity index (χ3v) is 16.1. The zero-order chi connectivity index (χ0) is 48.2. The van der Waals surface area contributed by atoms with Crippen LogP contribution in [0.15, 0.2) is 18.2 Å². The number of benzene rings is 1. The number of aromatic hydroxyl groups is 1. The Morgan fingerprint density at radius 3 is 0.567 bits per heavy atom. The predicted molar refractivity (Wildman–Crippen MR) is 306 cm³/mol. The van der Waals surface area contributed by atoms with Crippen LogP contribution in [-0.2, 0) is 0 Å². The van der Waals surface area contributed by atoms with Crippen molar-refractivity contribution in [3.8, 4) is 5.75 Å². The van der Waals surface area contributed by atoms with Crippen LogP contribution in [-0.4, -0.2) is 5.11 Å². The van der Waals surface area contributed by atoms with Crippen LogP contribution in [0.1, 0.15) is 397 Å². The zero-order valence-corrected chi connectivity index (χ0v) is 47.0. The molecule has 0 fully saturated rings. The molecular formula is C66H126O. The van der Waals surface area contributed by atoms with E-state index in [1.165, 1.54) is 358 Å². The number of unbranched alkanes of at least 4 members (excludes halogenated alkanes) is 50. The monoisotopic (exact) mass is 935 g/mol. The van der Waals surface area contributed by atoms with E-state index < -0.39 is 0 Å². The van der Waals surface area contributed by atoms with Gasteiger partial charge >= 0.3 is 0 Å². The minimum Gasteiger partial charge on any atom is -0.507 e. The lowest BCUT2D eigenvalue weighted by Gasteiger charge is -2.19. The number of phenols is 1. The van der Waals surface area contributed by atoms with Crippen LogP contribution in [0.5, 0.6) is 5.75 Å². The third-order valence-electron chi connectivity index (χ3n) is 16.1. The largest absolute Gasteiger partial charge is 0.507 e. The molecule has 0 spiro atoms. The second-order valence-corrected chi connectivity index (χ2v) is 22.8. The van der Waals surface area contributed by atoms with Crippen molar-refractivity contribution in [3.05, 3.63) is 29.3 Å². The SMILES string of the molecule is CCCCCCCCCCCCCCCCCCCCCCCCCCCCC(C)c1cccc(C(C)CCCCCCCCCCCCCCCCCCCCCCCCCCCC)c1O. The van der Waals surface area contributed by atoms with E-state index in [1.54, 1.807) is 0 Å². The summed E-state index contributed by atoms with van der Waals surface area (Å²) in [7, 11) is 0. The predicted octanol–water partition coefficient (Wildman–Crippen LogP) is 24.7. The van der Waals surface area contributed by atoms with Gasteiger partial charge in [-0.15, -0.1) is 0 Å². The lowest BCUT2D eigenvalue weighted by atomic mass is 9.87. The molecule has 0 amide bonds. The summed E-state index contributed by atoms with van der Waals surface area (Å²) in [5.74, 6) is 1.49. The molecule has 2 unspecified atom stereocenters. The molecule has 396 valence electrons. The van der Waals surface area contributed by atoms with Gasteiger partial charge in [-0.1, -0.05) is 380 Å². The number of para-hydroxylation sites is 1. The van der Waals surface area contributed by atoms with Gasteiger partial charge in [0.25, 0.3) is 0 Å². The van der Waals surface area contributed by atoms with Crippen LogP contribution in [0, 0.1) is 0 Å². The molecular weight excluding hydrogens is 809 g/mol. The maximum Gasteiger partial charge on any atom is 0.122 e. The van der Waals surface area contributed by atoms with E-state index in [9.17, 15) is 5.11 Å². The van der Waals surface area contributed by atoms with Gasteiger partial charge < -0.3 is 5.11 Å². The average Bonchev–Trinajstić information content (AvgIpc) is 3.33. The molecule has 0 aromatic heterocycles. The van der Waals surface area contributed by atoms with Crippen LogP contribution < -0.4 is 0 Å². The minimum absolute atomic E-state index is 0.445. The van der Waals surface area contributed by atoms with E-state index in [4.69, 9.17) is 0 Å². The van der Waals surface area contributed by atoms with Crippen LogP contribution >= 0.6 is 0 Å². The molecule has 0 saturated carbocycles. The van der Waals surface area contributed by atoms with Crippen molar-refractivity contribution in [1.29, 1.82) is 0 Å². The van der Waals surface area contributed by atoms with Crippen molar-refractivity contribution < 1.29 is 5.11 Å². The highest BCUT2D eigenvalue weighted by molar-refractivity contribution is 5.44. The highest BCUT2D eigenvalue weighted by Gasteiger charge is 2.17. The van der Waals surface area contributed by atoms with Crippen molar-refractivity contribution in [2.24, 2.45) is 0 Å². The summed E-state index contributed by atoms with van der Waals surface area (Å²) in [6.07, 6.45) is 77.6. The number of rotatable bonds is 56. The van der Waals surface area contributed by atoms with Crippen molar-refractivity contribution in [3.63, 3.8) is 0 Å². The minimum atomic E-state index is 0.445. The Balaban J connectivity index is 1.88. The molecule has 67 heavy (non-hydrogen) atoms. The fourth-order valence-corrected chi connectivity index (χ4v) is 11.2. The molecule has 0 heterocycles. The standard InChI is InChI=1S/C66H126O/c1-5-7-9-11-13-15-17-19-21-23-25-27-29-31-33-35-37-39-41-43-45-47-49-51-53-55-58-62(3)64-60-57-61-65(66(64)67)63(4)59-56-54-52-50-48-46-44-42-40-38-36-34-32-30-28-26-24-22-20-18-16-14-12-10-8-6-2/h57,60-63,67H,5-56,58-59H2,1-4H3. The second-order valence-electron chi connectivity index (χ2n) is 22.8. The van der Waals surface area contributed by atoms with E-state index in [0.717, 1.165) is 0 Å². The highest BCUT2D eigenvalue weighted by Crippen LogP contribution is 2.37. The zero-order valence-electron chi connectivity index (χ0n) is 47.0. The Hall–Kier alpha value is -0.980. The molecule has 1 rings (SSSR count). The van der Waals surface area contributed by atoms with Crippen LogP contribution in [0.4, 0.5) is 0 Å². The Labute approximate surface area is 424 Å². The molecule has 0 aliphatic heterocycles. The fourth-order valence-electron chi connectivity index (χ4n) is 11.2. The number of hydrogen-bond acceptors (Lipinski definition) is 1. The van der Waals surface area contributed by atoms with Crippen LogP contribution in [0.3, 0.4) is 0 Å². The van der Waals surface area contributed by atoms with Gasteiger partial charge in [0.2, 0.25) is 0 Å². The summed E-state index contributed by atoms with van der Waals surface area (Å²) < 4.78 is 0. The van der Waals surface area contributed by atoms with Crippen molar-refractivity contribution in [2.75, 3.05) is 0 Å².